The van der Waals surface area contributed by atoms with Crippen molar-refractivity contribution in [1.82, 2.24) is 0 Å². The predicted molar refractivity (Wildman–Crippen MR) is 131 cm³/mol. The van der Waals surface area contributed by atoms with Crippen molar-refractivity contribution < 1.29 is 38.8 Å². The summed E-state index contributed by atoms with van der Waals surface area (Å²) in [6.45, 7) is 1.76. The van der Waals surface area contributed by atoms with Gasteiger partial charge < -0.3 is 24.4 Å². The maximum atomic E-state index is 13.3. The molecule has 190 valence electrons. The summed E-state index contributed by atoms with van der Waals surface area (Å²) in [6.07, 6.45) is 6.37. The molecule has 8 heteroatoms. The van der Waals surface area contributed by atoms with Gasteiger partial charge in [-0.2, -0.15) is 0 Å². The van der Waals surface area contributed by atoms with Gasteiger partial charge in [0.15, 0.2) is 11.5 Å². The third-order valence-electron chi connectivity index (χ3n) is 6.58. The number of phenolic OH excluding ortho intramolecular Hbond substituents is 2. The van der Waals surface area contributed by atoms with Crippen molar-refractivity contribution in [2.75, 3.05) is 7.11 Å². The number of carbonyl (C=O) groups excluding carboxylic acids is 3. The third kappa shape index (κ3) is 5.37. The van der Waals surface area contributed by atoms with Crippen LogP contribution < -0.4 is 9.47 Å². The number of hydrogen-bond donors (Lipinski definition) is 2. The van der Waals surface area contributed by atoms with Crippen LogP contribution in [0.5, 0.6) is 23.0 Å². The first-order valence-corrected chi connectivity index (χ1v) is 12.1. The van der Waals surface area contributed by atoms with Gasteiger partial charge in [0.1, 0.15) is 22.8 Å². The van der Waals surface area contributed by atoms with Crippen LogP contribution in [0.2, 0.25) is 0 Å². The average molecular weight is 495 g/mol. The summed E-state index contributed by atoms with van der Waals surface area (Å²) < 4.78 is 16.3. The number of aromatic hydroxyl groups is 2. The standard InChI is InChI=1S/C28H30O8/c1-16-7-6-10-19(29)9-5-3-4-8-18-14-23-26(27(32)25(18)28(33)35-16)20(15-24(31)36-23)17-11-12-21(30)22(13-17)34-2/h4,8,11-14,16,20,30,32H,3,5-7,9-10,15H2,1-2H3/b8-4+. The molecule has 0 radical (unpaired) electrons. The van der Waals surface area contributed by atoms with Gasteiger partial charge in [-0.05, 0) is 61.9 Å². The molecule has 0 amide bonds. The highest BCUT2D eigenvalue weighted by molar-refractivity contribution is 5.98. The number of benzene rings is 2. The molecule has 0 aromatic heterocycles. The van der Waals surface area contributed by atoms with Gasteiger partial charge in [0.05, 0.1) is 19.6 Å². The molecule has 4 rings (SSSR count). The van der Waals surface area contributed by atoms with E-state index in [1.165, 1.54) is 13.2 Å². The van der Waals surface area contributed by atoms with E-state index in [0.29, 0.717) is 55.2 Å². The van der Waals surface area contributed by atoms with Crippen LogP contribution in [0.15, 0.2) is 30.3 Å². The maximum Gasteiger partial charge on any atom is 0.342 e. The summed E-state index contributed by atoms with van der Waals surface area (Å²) >= 11 is 0. The lowest BCUT2D eigenvalue weighted by Crippen LogP contribution is -2.23. The predicted octanol–water partition coefficient (Wildman–Crippen LogP) is 5.03. The van der Waals surface area contributed by atoms with Gasteiger partial charge >= 0.3 is 11.9 Å². The van der Waals surface area contributed by atoms with Crippen molar-refractivity contribution in [3.05, 3.63) is 52.6 Å². The Bertz CT molecular complexity index is 1210. The van der Waals surface area contributed by atoms with Crippen molar-refractivity contribution in [1.29, 1.82) is 0 Å². The maximum absolute atomic E-state index is 13.3. The summed E-state index contributed by atoms with van der Waals surface area (Å²) in [6, 6.07) is 6.24. The number of carbonyl (C=O) groups is 3. The van der Waals surface area contributed by atoms with Crippen LogP contribution in [0, 0.1) is 0 Å². The molecule has 2 aromatic rings. The monoisotopic (exact) mass is 494 g/mol. The van der Waals surface area contributed by atoms with Gasteiger partial charge in [-0.1, -0.05) is 18.2 Å². The largest absolute Gasteiger partial charge is 0.507 e. The number of fused-ring (bicyclic) bond motifs is 2. The van der Waals surface area contributed by atoms with Gasteiger partial charge in [0.25, 0.3) is 0 Å². The lowest BCUT2D eigenvalue weighted by molar-refractivity contribution is -0.135. The highest BCUT2D eigenvalue weighted by Crippen LogP contribution is 2.48. The minimum absolute atomic E-state index is 0.00122. The van der Waals surface area contributed by atoms with E-state index < -0.39 is 24.0 Å². The highest BCUT2D eigenvalue weighted by Gasteiger charge is 2.35. The Morgan fingerprint density at radius 1 is 1.06 bits per heavy atom. The van der Waals surface area contributed by atoms with E-state index in [4.69, 9.17) is 14.2 Å². The van der Waals surface area contributed by atoms with Gasteiger partial charge in [-0.15, -0.1) is 0 Å². The van der Waals surface area contributed by atoms with Crippen LogP contribution in [-0.4, -0.2) is 41.1 Å². The van der Waals surface area contributed by atoms with Crippen molar-refractivity contribution in [2.45, 2.75) is 63.9 Å². The Kier molecular flexibility index (Phi) is 7.62. The molecule has 0 saturated heterocycles. The topological polar surface area (TPSA) is 119 Å². The summed E-state index contributed by atoms with van der Waals surface area (Å²) in [5.41, 5.74) is 1.27. The Morgan fingerprint density at radius 3 is 2.61 bits per heavy atom. The number of hydrogen-bond acceptors (Lipinski definition) is 8. The smallest absolute Gasteiger partial charge is 0.342 e. The van der Waals surface area contributed by atoms with E-state index in [0.717, 1.165) is 0 Å². The van der Waals surface area contributed by atoms with Crippen molar-refractivity contribution in [3.63, 3.8) is 0 Å². The molecule has 0 bridgehead atoms. The zero-order chi connectivity index (χ0) is 25.8. The number of allylic oxidation sites excluding steroid dienone is 1. The molecule has 2 aliphatic heterocycles. The molecule has 2 N–H and O–H groups in total. The number of esters is 2. The Hall–Kier alpha value is -3.81. The summed E-state index contributed by atoms with van der Waals surface area (Å²) in [4.78, 5) is 37.8. The number of rotatable bonds is 2. The lowest BCUT2D eigenvalue weighted by atomic mass is 9.83. The fraction of sp³-hybridized carbons (Fsp3) is 0.393. The first-order valence-electron chi connectivity index (χ1n) is 12.1. The molecule has 0 fully saturated rings. The average Bonchev–Trinajstić information content (AvgIpc) is 2.82. The Morgan fingerprint density at radius 2 is 1.83 bits per heavy atom. The fourth-order valence-electron chi connectivity index (χ4n) is 4.71. The van der Waals surface area contributed by atoms with E-state index in [1.54, 1.807) is 31.2 Å². The van der Waals surface area contributed by atoms with Gasteiger partial charge in [0, 0.05) is 24.3 Å². The molecule has 2 aromatic carbocycles. The first kappa shape index (κ1) is 25.3. The van der Waals surface area contributed by atoms with Crippen LogP contribution in [0.3, 0.4) is 0 Å². The molecule has 0 aliphatic carbocycles. The van der Waals surface area contributed by atoms with E-state index in [9.17, 15) is 24.6 Å². The highest BCUT2D eigenvalue weighted by atomic mass is 16.5. The molecule has 0 spiro atoms. The molecular formula is C28H30O8. The van der Waals surface area contributed by atoms with Crippen LogP contribution in [-0.2, 0) is 14.3 Å². The molecule has 2 heterocycles. The van der Waals surface area contributed by atoms with Gasteiger partial charge in [-0.25, -0.2) is 4.79 Å². The summed E-state index contributed by atoms with van der Waals surface area (Å²) in [5.74, 6) is -1.61. The number of methoxy groups -OCH3 is 1. The number of ether oxygens (including phenoxy) is 3. The zero-order valence-electron chi connectivity index (χ0n) is 20.4. The second-order valence-electron chi connectivity index (χ2n) is 9.20. The number of cyclic esters (lactones) is 1. The van der Waals surface area contributed by atoms with Crippen LogP contribution in [0.1, 0.15) is 84.8 Å². The molecular weight excluding hydrogens is 464 g/mol. The van der Waals surface area contributed by atoms with E-state index in [1.807, 2.05) is 6.08 Å². The quantitative estimate of drug-likeness (QED) is 0.441. The minimum atomic E-state index is -0.690. The summed E-state index contributed by atoms with van der Waals surface area (Å²) in [7, 11) is 1.42. The van der Waals surface area contributed by atoms with Crippen molar-refractivity contribution >= 4 is 23.8 Å². The minimum Gasteiger partial charge on any atom is -0.507 e. The molecule has 36 heavy (non-hydrogen) atoms. The Balaban J connectivity index is 1.82. The van der Waals surface area contributed by atoms with E-state index >= 15 is 0 Å². The molecule has 0 saturated carbocycles. The van der Waals surface area contributed by atoms with Crippen LogP contribution in [0.4, 0.5) is 0 Å². The second kappa shape index (κ2) is 10.8. The van der Waals surface area contributed by atoms with Gasteiger partial charge in [0.2, 0.25) is 0 Å². The molecule has 2 aliphatic rings. The van der Waals surface area contributed by atoms with Crippen molar-refractivity contribution in [3.8, 4) is 23.0 Å². The zero-order valence-corrected chi connectivity index (χ0v) is 20.4. The number of phenols is 2. The van der Waals surface area contributed by atoms with Crippen LogP contribution in [0.25, 0.3) is 6.08 Å². The molecule has 8 nitrogen and oxygen atoms in total. The number of Topliss-reactive ketones (excluding diaryl/α,β-unsaturated/α-hetero) is 1. The molecule has 2 unspecified atom stereocenters. The lowest BCUT2D eigenvalue weighted by Gasteiger charge is -2.28. The number of ketones is 1. The first-order chi connectivity index (χ1) is 17.3. The van der Waals surface area contributed by atoms with Gasteiger partial charge in [-0.3, -0.25) is 9.59 Å². The van der Waals surface area contributed by atoms with Crippen molar-refractivity contribution in [2.24, 2.45) is 0 Å². The van der Waals surface area contributed by atoms with E-state index in [-0.39, 0.29) is 40.8 Å². The Labute approximate surface area is 209 Å². The normalized spacial score (nSPS) is 21.9. The summed E-state index contributed by atoms with van der Waals surface area (Å²) in [5, 5.41) is 21.4. The van der Waals surface area contributed by atoms with Crippen LogP contribution >= 0.6 is 0 Å². The fourth-order valence-corrected chi connectivity index (χ4v) is 4.71. The molecule has 2 atom stereocenters. The SMILES string of the molecule is COc1cc(C2CC(=O)Oc3cc4c(c(O)c32)C(=O)OC(C)CCCC(=O)CCC/C=C/4)ccc1O. The second-order valence-corrected chi connectivity index (χ2v) is 9.20. The third-order valence-corrected chi connectivity index (χ3v) is 6.58. The van der Waals surface area contributed by atoms with E-state index in [2.05, 4.69) is 0 Å².